The maximum atomic E-state index is 12.6. The number of hydrogen-bond donors (Lipinski definition) is 2. The van der Waals surface area contributed by atoms with Crippen LogP contribution in [0.2, 0.25) is 0 Å². The largest absolute Gasteiger partial charge is 0.444 e. The first-order valence-electron chi connectivity index (χ1n) is 7.61. The molecule has 0 radical (unpaired) electrons. The quantitative estimate of drug-likeness (QED) is 0.735. The van der Waals surface area contributed by atoms with E-state index in [1.165, 1.54) is 0 Å². The van der Waals surface area contributed by atoms with Crippen molar-refractivity contribution in [3.8, 4) is 0 Å². The Labute approximate surface area is 140 Å². The average Bonchev–Trinajstić information content (AvgIpc) is 2.36. The second-order valence-corrected chi connectivity index (χ2v) is 8.20. The van der Waals surface area contributed by atoms with E-state index in [2.05, 4.69) is 21.2 Å². The summed E-state index contributed by atoms with van der Waals surface area (Å²) in [5.74, 6) is -0.252. The van der Waals surface area contributed by atoms with Crippen molar-refractivity contribution in [1.82, 2.24) is 10.2 Å². The molecule has 0 unspecified atom stereocenters. The Bertz CT molecular complexity index is 409. The molecule has 0 aromatic heterocycles. The second-order valence-electron chi connectivity index (χ2n) is 7.02. The number of alkyl carbamates (subject to hydrolysis) is 1. The molecule has 3 atom stereocenters. The molecule has 2 N–H and O–H groups in total. The first-order valence-corrected chi connectivity index (χ1v) is 8.53. The minimum atomic E-state index is -0.658. The highest BCUT2D eigenvalue weighted by molar-refractivity contribution is 9.09. The van der Waals surface area contributed by atoms with Crippen LogP contribution in [0, 0.1) is 5.92 Å². The maximum Gasteiger partial charge on any atom is 0.408 e. The van der Waals surface area contributed by atoms with Gasteiger partial charge in [-0.2, -0.15) is 0 Å². The van der Waals surface area contributed by atoms with E-state index >= 15 is 0 Å². The van der Waals surface area contributed by atoms with Crippen LogP contribution in [0.4, 0.5) is 4.79 Å². The third kappa shape index (κ3) is 5.76. The van der Waals surface area contributed by atoms with E-state index in [1.54, 1.807) is 25.7 Å². The van der Waals surface area contributed by atoms with Gasteiger partial charge in [0, 0.05) is 17.9 Å². The number of carbonyl (C=O) groups excluding carboxylic acids is 2. The van der Waals surface area contributed by atoms with Gasteiger partial charge in [-0.3, -0.25) is 4.79 Å². The van der Waals surface area contributed by atoms with E-state index in [-0.39, 0.29) is 23.2 Å². The summed E-state index contributed by atoms with van der Waals surface area (Å²) >= 11 is 3.39. The lowest BCUT2D eigenvalue weighted by Gasteiger charge is -2.36. The molecular weight excluding hydrogens is 352 g/mol. The number of likely N-dealkylation sites (tertiary alicyclic amines) is 1. The van der Waals surface area contributed by atoms with Crippen molar-refractivity contribution in [2.24, 2.45) is 5.92 Å². The highest BCUT2D eigenvalue weighted by Crippen LogP contribution is 2.20. The minimum Gasteiger partial charge on any atom is -0.444 e. The van der Waals surface area contributed by atoms with E-state index in [4.69, 9.17) is 4.74 Å². The van der Waals surface area contributed by atoms with Gasteiger partial charge < -0.3 is 20.1 Å². The molecule has 2 amide bonds. The van der Waals surface area contributed by atoms with Gasteiger partial charge >= 0.3 is 6.09 Å². The summed E-state index contributed by atoms with van der Waals surface area (Å²) in [6.07, 6.45) is -0.507. The minimum absolute atomic E-state index is 0.00728. The smallest absolute Gasteiger partial charge is 0.408 e. The second kappa shape index (κ2) is 7.64. The zero-order valence-electron chi connectivity index (χ0n) is 13.9. The average molecular weight is 379 g/mol. The molecule has 0 spiro atoms. The normalized spacial score (nSPS) is 24.1. The molecule has 0 saturated carbocycles. The predicted octanol–water partition coefficient (Wildman–Crippen LogP) is 1.89. The topological polar surface area (TPSA) is 78.9 Å². The number of piperidine rings is 1. The lowest BCUT2D eigenvalue weighted by atomic mass is 10.0. The molecule has 1 fully saturated rings. The fraction of sp³-hybridized carbons (Fsp3) is 0.867. The number of halogens is 1. The number of β-amino-alcohol motifs (C(OH)–C–C–N with tert-alkyl or cyclic N) is 1. The van der Waals surface area contributed by atoms with Crippen molar-refractivity contribution in [3.05, 3.63) is 0 Å². The van der Waals surface area contributed by atoms with Crippen LogP contribution >= 0.6 is 15.9 Å². The van der Waals surface area contributed by atoms with E-state index in [1.807, 2.05) is 13.8 Å². The first kappa shape index (κ1) is 19.2. The van der Waals surface area contributed by atoms with Crippen LogP contribution in [0.25, 0.3) is 0 Å². The molecule has 1 saturated heterocycles. The number of hydrogen-bond acceptors (Lipinski definition) is 4. The molecule has 22 heavy (non-hydrogen) atoms. The molecule has 0 aromatic rings. The first-order chi connectivity index (χ1) is 10.0. The van der Waals surface area contributed by atoms with Crippen molar-refractivity contribution in [3.63, 3.8) is 0 Å². The standard InChI is InChI=1S/C15H27BrN2O4/c1-9(2)12(17-14(21)22-15(3,4)5)13(20)18-7-6-10(16)11(19)8-18/h9-12,19H,6-8H2,1-5H3,(H,17,21)/t10-,11+,12+/m0/s1. The van der Waals surface area contributed by atoms with Crippen LogP contribution in [0.3, 0.4) is 0 Å². The molecule has 1 heterocycles. The van der Waals surface area contributed by atoms with Crippen molar-refractivity contribution in [1.29, 1.82) is 0 Å². The number of ether oxygens (including phenoxy) is 1. The summed E-state index contributed by atoms with van der Waals surface area (Å²) in [5.41, 5.74) is -0.612. The van der Waals surface area contributed by atoms with Gasteiger partial charge in [0.1, 0.15) is 11.6 Å². The van der Waals surface area contributed by atoms with Crippen LogP contribution in [0.1, 0.15) is 41.0 Å². The third-order valence-electron chi connectivity index (χ3n) is 3.42. The summed E-state index contributed by atoms with van der Waals surface area (Å²) in [4.78, 5) is 26.1. The molecule has 0 aliphatic carbocycles. The Morgan fingerprint density at radius 1 is 1.36 bits per heavy atom. The Balaban J connectivity index is 2.70. The predicted molar refractivity (Wildman–Crippen MR) is 87.9 cm³/mol. The summed E-state index contributed by atoms with van der Waals surface area (Å²) in [7, 11) is 0. The molecule has 128 valence electrons. The van der Waals surface area contributed by atoms with Crippen LogP contribution < -0.4 is 5.32 Å². The van der Waals surface area contributed by atoms with Gasteiger partial charge in [0.05, 0.1) is 6.10 Å². The van der Waals surface area contributed by atoms with Gasteiger partial charge in [0.25, 0.3) is 0 Å². The molecule has 7 heteroatoms. The summed E-state index contributed by atoms with van der Waals surface area (Å²) in [6.45, 7) is 9.89. The summed E-state index contributed by atoms with van der Waals surface area (Å²) in [6, 6.07) is -0.658. The van der Waals surface area contributed by atoms with Gasteiger partial charge in [-0.25, -0.2) is 4.79 Å². The van der Waals surface area contributed by atoms with Crippen LogP contribution in [-0.2, 0) is 9.53 Å². The van der Waals surface area contributed by atoms with E-state index in [9.17, 15) is 14.7 Å². The maximum absolute atomic E-state index is 12.6. The third-order valence-corrected chi connectivity index (χ3v) is 4.48. The number of amides is 2. The highest BCUT2D eigenvalue weighted by Gasteiger charge is 2.34. The van der Waals surface area contributed by atoms with E-state index in [0.717, 1.165) is 0 Å². The van der Waals surface area contributed by atoms with Crippen LogP contribution in [-0.4, -0.2) is 57.7 Å². The monoisotopic (exact) mass is 378 g/mol. The molecule has 0 bridgehead atoms. The van der Waals surface area contributed by atoms with Gasteiger partial charge in [-0.15, -0.1) is 0 Å². The van der Waals surface area contributed by atoms with Gasteiger partial charge in [0.2, 0.25) is 5.91 Å². The molecule has 1 rings (SSSR count). The molecule has 0 aromatic carbocycles. The fourth-order valence-corrected chi connectivity index (χ4v) is 2.62. The van der Waals surface area contributed by atoms with Crippen molar-refractivity contribution in [2.45, 2.75) is 63.6 Å². The van der Waals surface area contributed by atoms with Crippen molar-refractivity contribution >= 4 is 27.9 Å². The Hall–Kier alpha value is -0.820. The fourth-order valence-electron chi connectivity index (χ4n) is 2.25. The SMILES string of the molecule is CC(C)[C@@H](NC(=O)OC(C)(C)C)C(=O)N1CC[C@H](Br)[C@H](O)C1. The zero-order valence-corrected chi connectivity index (χ0v) is 15.5. The summed E-state index contributed by atoms with van der Waals surface area (Å²) in [5, 5.41) is 12.5. The van der Waals surface area contributed by atoms with Gasteiger partial charge in [0.15, 0.2) is 0 Å². The van der Waals surface area contributed by atoms with Crippen molar-refractivity contribution < 1.29 is 19.4 Å². The number of alkyl halides is 1. The number of nitrogens with one attached hydrogen (secondary N) is 1. The van der Waals surface area contributed by atoms with E-state index < -0.39 is 23.8 Å². The molecule has 6 nitrogen and oxygen atoms in total. The number of carbonyl (C=O) groups is 2. The Kier molecular flexibility index (Phi) is 6.67. The van der Waals surface area contributed by atoms with Crippen molar-refractivity contribution in [2.75, 3.05) is 13.1 Å². The molecular formula is C15H27BrN2O4. The van der Waals surface area contributed by atoms with E-state index in [0.29, 0.717) is 13.0 Å². The lowest BCUT2D eigenvalue weighted by molar-refractivity contribution is -0.137. The number of aliphatic hydroxyl groups excluding tert-OH is 1. The van der Waals surface area contributed by atoms with Gasteiger partial charge in [-0.05, 0) is 33.1 Å². The molecule has 1 aliphatic rings. The zero-order chi connectivity index (χ0) is 17.1. The van der Waals surface area contributed by atoms with Crippen LogP contribution in [0.15, 0.2) is 0 Å². The van der Waals surface area contributed by atoms with Crippen LogP contribution in [0.5, 0.6) is 0 Å². The Morgan fingerprint density at radius 2 is 1.95 bits per heavy atom. The van der Waals surface area contributed by atoms with Gasteiger partial charge in [-0.1, -0.05) is 29.8 Å². The number of rotatable bonds is 3. The number of aliphatic hydroxyl groups is 1. The summed E-state index contributed by atoms with van der Waals surface area (Å²) < 4.78 is 5.22. The Morgan fingerprint density at radius 3 is 2.41 bits per heavy atom. The highest BCUT2D eigenvalue weighted by atomic mass is 79.9. The number of nitrogens with zero attached hydrogens (tertiary/aromatic N) is 1. The molecule has 1 aliphatic heterocycles. The lowest BCUT2D eigenvalue weighted by Crippen LogP contribution is -2.56.